The van der Waals surface area contributed by atoms with Crippen molar-refractivity contribution in [3.8, 4) is 0 Å². The molecule has 0 spiro atoms. The molecule has 0 saturated carbocycles. The zero-order chi connectivity index (χ0) is 8.43. The Bertz CT molecular complexity index is 286. The number of rotatable bonds is 1. The predicted molar refractivity (Wildman–Crippen MR) is 33.4 cm³/mol. The van der Waals surface area contributed by atoms with Crippen LogP contribution in [0, 0.1) is 11.8 Å². The van der Waals surface area contributed by atoms with Crippen molar-refractivity contribution in [1.82, 2.24) is 4.37 Å². The Morgan fingerprint density at radius 3 is 2.64 bits per heavy atom. The Hall–Kier alpha value is -1.04. The van der Waals surface area contributed by atoms with Crippen molar-refractivity contribution in [1.29, 1.82) is 0 Å². The number of aromatic nitrogens is 1. The molecule has 6 heteroatoms. The second-order valence-electron chi connectivity index (χ2n) is 1.61. The highest BCUT2D eigenvalue weighted by molar-refractivity contribution is 7.07. The molecule has 0 fully saturated rings. The van der Waals surface area contributed by atoms with Crippen molar-refractivity contribution in [3.63, 3.8) is 0 Å². The molecule has 1 rings (SSSR count). The fourth-order valence-electron chi connectivity index (χ4n) is 0.479. The van der Waals surface area contributed by atoms with Crippen LogP contribution in [0.2, 0.25) is 0 Å². The standard InChI is InChI=1S/C5H3F2NO2S/c1-10-5(9)3-2(6)4(7)8-11-3/h1H3. The maximum Gasteiger partial charge on any atom is 0.352 e. The zero-order valence-corrected chi connectivity index (χ0v) is 6.24. The quantitative estimate of drug-likeness (QED) is 0.608. The van der Waals surface area contributed by atoms with Crippen molar-refractivity contribution < 1.29 is 18.3 Å². The van der Waals surface area contributed by atoms with Crippen LogP contribution in [0.25, 0.3) is 0 Å². The monoisotopic (exact) mass is 179 g/mol. The van der Waals surface area contributed by atoms with Crippen molar-refractivity contribution in [3.05, 3.63) is 16.6 Å². The predicted octanol–water partition coefficient (Wildman–Crippen LogP) is 1.21. The second kappa shape index (κ2) is 2.91. The number of hydrogen-bond acceptors (Lipinski definition) is 4. The summed E-state index contributed by atoms with van der Waals surface area (Å²) in [5.74, 6) is -3.43. The molecule has 1 heterocycles. The average Bonchev–Trinajstić information content (AvgIpc) is 2.32. The van der Waals surface area contributed by atoms with E-state index in [4.69, 9.17) is 0 Å². The van der Waals surface area contributed by atoms with Gasteiger partial charge in [0.05, 0.1) is 7.11 Å². The van der Waals surface area contributed by atoms with E-state index in [1.54, 1.807) is 0 Å². The number of ether oxygens (including phenoxy) is 1. The first-order chi connectivity index (χ1) is 5.16. The SMILES string of the molecule is COC(=O)c1snc(F)c1F. The maximum absolute atomic E-state index is 12.5. The average molecular weight is 179 g/mol. The van der Waals surface area contributed by atoms with Gasteiger partial charge in [-0.05, 0) is 11.5 Å². The summed E-state index contributed by atoms with van der Waals surface area (Å²) in [5, 5.41) is 0. The van der Waals surface area contributed by atoms with Gasteiger partial charge in [-0.25, -0.2) is 4.79 Å². The number of hydrogen-bond donors (Lipinski definition) is 0. The molecule has 0 N–H and O–H groups in total. The Kier molecular flexibility index (Phi) is 2.13. The minimum atomic E-state index is -1.27. The Labute approximate surface area is 64.8 Å². The lowest BCUT2D eigenvalue weighted by atomic mass is 10.5. The van der Waals surface area contributed by atoms with E-state index in [9.17, 15) is 13.6 Å². The molecular weight excluding hydrogens is 176 g/mol. The lowest BCUT2D eigenvalue weighted by molar-refractivity contribution is 0.0601. The second-order valence-corrected chi connectivity index (χ2v) is 2.38. The van der Waals surface area contributed by atoms with Gasteiger partial charge in [0.1, 0.15) is 0 Å². The van der Waals surface area contributed by atoms with Gasteiger partial charge in [-0.1, -0.05) is 0 Å². The normalized spacial score (nSPS) is 9.73. The van der Waals surface area contributed by atoms with Gasteiger partial charge in [0.15, 0.2) is 4.88 Å². The molecule has 1 aromatic heterocycles. The van der Waals surface area contributed by atoms with Gasteiger partial charge in [0.25, 0.3) is 5.95 Å². The molecule has 1 aromatic rings. The molecule has 3 nitrogen and oxygen atoms in total. The van der Waals surface area contributed by atoms with Crippen molar-refractivity contribution >= 4 is 17.5 Å². The molecule has 0 aliphatic carbocycles. The van der Waals surface area contributed by atoms with E-state index < -0.39 is 22.6 Å². The number of halogens is 2. The number of carbonyl (C=O) groups is 1. The summed E-state index contributed by atoms with van der Waals surface area (Å²) in [6.07, 6.45) is 0. The molecule has 0 aromatic carbocycles. The van der Waals surface area contributed by atoms with E-state index in [1.165, 1.54) is 0 Å². The molecule has 11 heavy (non-hydrogen) atoms. The van der Waals surface area contributed by atoms with Gasteiger partial charge in [0.2, 0.25) is 5.82 Å². The van der Waals surface area contributed by atoms with Crippen LogP contribution in [-0.2, 0) is 4.74 Å². The topological polar surface area (TPSA) is 39.2 Å². The van der Waals surface area contributed by atoms with E-state index in [0.29, 0.717) is 11.5 Å². The molecule has 0 unspecified atom stereocenters. The molecule has 0 saturated heterocycles. The van der Waals surface area contributed by atoms with Crippen LogP contribution in [-0.4, -0.2) is 17.5 Å². The van der Waals surface area contributed by atoms with Gasteiger partial charge in [-0.15, -0.1) is 0 Å². The first-order valence-corrected chi connectivity index (χ1v) is 3.33. The third-order valence-corrected chi connectivity index (χ3v) is 1.75. The summed E-state index contributed by atoms with van der Waals surface area (Å²) in [4.78, 5) is 10.1. The van der Waals surface area contributed by atoms with Gasteiger partial charge >= 0.3 is 5.97 Å². The van der Waals surface area contributed by atoms with Crippen molar-refractivity contribution in [2.45, 2.75) is 0 Å². The molecule has 0 radical (unpaired) electrons. The van der Waals surface area contributed by atoms with E-state index in [1.807, 2.05) is 0 Å². The number of nitrogens with zero attached hydrogens (tertiary/aromatic N) is 1. The van der Waals surface area contributed by atoms with Gasteiger partial charge in [0, 0.05) is 0 Å². The largest absolute Gasteiger partial charge is 0.465 e. The van der Waals surface area contributed by atoms with Crippen molar-refractivity contribution in [2.75, 3.05) is 7.11 Å². The number of carbonyl (C=O) groups excluding carboxylic acids is 1. The van der Waals surface area contributed by atoms with Crippen LogP contribution in [0.3, 0.4) is 0 Å². The fraction of sp³-hybridized carbons (Fsp3) is 0.200. The Morgan fingerprint density at radius 2 is 2.27 bits per heavy atom. The smallest absolute Gasteiger partial charge is 0.352 e. The lowest BCUT2D eigenvalue weighted by Gasteiger charge is -1.91. The molecule has 0 atom stereocenters. The summed E-state index contributed by atoms with van der Waals surface area (Å²) in [6, 6.07) is 0. The fourth-order valence-corrected chi connectivity index (χ4v) is 1.05. The summed E-state index contributed by atoms with van der Waals surface area (Å²) < 4.78 is 31.8. The molecule has 0 aliphatic rings. The van der Waals surface area contributed by atoms with Crippen LogP contribution < -0.4 is 0 Å². The molecule has 0 aliphatic heterocycles. The maximum atomic E-state index is 12.5. The minimum Gasteiger partial charge on any atom is -0.465 e. The summed E-state index contributed by atoms with van der Waals surface area (Å²) >= 11 is 0.434. The minimum absolute atomic E-state index is 0.434. The van der Waals surface area contributed by atoms with Gasteiger partial charge in [-0.2, -0.15) is 13.2 Å². The van der Waals surface area contributed by atoms with Crippen LogP contribution in [0.15, 0.2) is 0 Å². The van der Waals surface area contributed by atoms with Gasteiger partial charge < -0.3 is 4.74 Å². The molecule has 60 valence electrons. The third-order valence-electron chi connectivity index (χ3n) is 0.968. The highest BCUT2D eigenvalue weighted by atomic mass is 32.1. The van der Waals surface area contributed by atoms with E-state index >= 15 is 0 Å². The summed E-state index contributed by atoms with van der Waals surface area (Å²) in [6.45, 7) is 0. The van der Waals surface area contributed by atoms with Crippen molar-refractivity contribution in [2.24, 2.45) is 0 Å². The Balaban J connectivity index is 3.04. The first kappa shape index (κ1) is 8.06. The van der Waals surface area contributed by atoms with Crippen LogP contribution in [0.4, 0.5) is 8.78 Å². The number of methoxy groups -OCH3 is 1. The van der Waals surface area contributed by atoms with Crippen LogP contribution in [0.5, 0.6) is 0 Å². The molecular formula is C5H3F2NO2S. The van der Waals surface area contributed by atoms with E-state index in [0.717, 1.165) is 7.11 Å². The Morgan fingerprint density at radius 1 is 1.64 bits per heavy atom. The van der Waals surface area contributed by atoms with Crippen LogP contribution in [0.1, 0.15) is 9.67 Å². The molecule has 0 amide bonds. The lowest BCUT2D eigenvalue weighted by Crippen LogP contribution is -2.00. The van der Waals surface area contributed by atoms with Crippen LogP contribution >= 0.6 is 11.5 Å². The summed E-state index contributed by atoms with van der Waals surface area (Å²) in [5.41, 5.74) is 0. The highest BCUT2D eigenvalue weighted by Crippen LogP contribution is 2.15. The van der Waals surface area contributed by atoms with E-state index in [2.05, 4.69) is 9.11 Å². The summed E-state index contributed by atoms with van der Waals surface area (Å²) in [7, 11) is 1.08. The zero-order valence-electron chi connectivity index (χ0n) is 5.43. The number of esters is 1. The highest BCUT2D eigenvalue weighted by Gasteiger charge is 2.20. The van der Waals surface area contributed by atoms with E-state index in [-0.39, 0.29) is 0 Å². The first-order valence-electron chi connectivity index (χ1n) is 2.55. The van der Waals surface area contributed by atoms with Gasteiger partial charge in [-0.3, -0.25) is 0 Å². The third kappa shape index (κ3) is 1.35. The molecule has 0 bridgehead atoms.